The maximum absolute atomic E-state index is 12.9. The van der Waals surface area contributed by atoms with E-state index < -0.39 is 0 Å². The number of benzene rings is 3. The number of hydrogen-bond acceptors (Lipinski definition) is 3. The molecule has 0 saturated carbocycles. The number of allylic oxidation sites excluding steroid dienone is 1. The average molecular weight is 403 g/mol. The van der Waals surface area contributed by atoms with Crippen molar-refractivity contribution in [3.8, 4) is 0 Å². The summed E-state index contributed by atoms with van der Waals surface area (Å²) in [6, 6.07) is 20.6. The second kappa shape index (κ2) is 8.25. The molecule has 1 aromatic heterocycles. The fourth-order valence-electron chi connectivity index (χ4n) is 2.95. The summed E-state index contributed by atoms with van der Waals surface area (Å²) in [7, 11) is 0. The standard InChI is InChI=1S/C24H16ClFN2O/c25-18-6-11-21-22(13-14-27-23(21)15-18)28-20-9-4-17(5-10-20)24(29)12-3-16-1-7-19(26)8-2-16/h1-15H,(H,27,28). The molecule has 3 nitrogen and oxygen atoms in total. The van der Waals surface area contributed by atoms with Crippen molar-refractivity contribution in [2.75, 3.05) is 5.32 Å². The summed E-state index contributed by atoms with van der Waals surface area (Å²) in [4.78, 5) is 16.7. The first-order chi connectivity index (χ1) is 14.1. The third kappa shape index (κ3) is 4.50. The first-order valence-electron chi connectivity index (χ1n) is 8.98. The molecule has 0 atom stereocenters. The molecule has 0 aliphatic heterocycles. The molecule has 4 rings (SSSR count). The molecular weight excluding hydrogens is 387 g/mol. The number of nitrogens with zero attached hydrogens (tertiary/aromatic N) is 1. The van der Waals surface area contributed by atoms with Crippen molar-refractivity contribution in [3.63, 3.8) is 0 Å². The van der Waals surface area contributed by atoms with Crippen LogP contribution in [0.2, 0.25) is 5.02 Å². The predicted molar refractivity (Wildman–Crippen MR) is 116 cm³/mol. The zero-order valence-corrected chi connectivity index (χ0v) is 16.0. The van der Waals surface area contributed by atoms with E-state index in [1.54, 1.807) is 36.5 Å². The Hall–Kier alpha value is -3.50. The summed E-state index contributed by atoms with van der Waals surface area (Å²) in [6.07, 6.45) is 4.87. The first-order valence-corrected chi connectivity index (χ1v) is 9.36. The van der Waals surface area contributed by atoms with E-state index in [1.165, 1.54) is 18.2 Å². The number of rotatable bonds is 5. The number of carbonyl (C=O) groups is 1. The van der Waals surface area contributed by atoms with Gasteiger partial charge < -0.3 is 5.32 Å². The van der Waals surface area contributed by atoms with Gasteiger partial charge >= 0.3 is 0 Å². The lowest BCUT2D eigenvalue weighted by atomic mass is 10.1. The Kier molecular flexibility index (Phi) is 5.36. The quantitative estimate of drug-likeness (QED) is 0.299. The number of nitrogens with one attached hydrogen (secondary N) is 1. The fourth-order valence-corrected chi connectivity index (χ4v) is 3.11. The lowest BCUT2D eigenvalue weighted by molar-refractivity contribution is 0.104. The van der Waals surface area contributed by atoms with Gasteiger partial charge in [-0.2, -0.15) is 0 Å². The molecule has 0 saturated heterocycles. The molecule has 0 amide bonds. The maximum atomic E-state index is 12.9. The molecule has 0 unspecified atom stereocenters. The summed E-state index contributed by atoms with van der Waals surface area (Å²) in [5.74, 6) is -0.425. The Morgan fingerprint density at radius 2 is 1.72 bits per heavy atom. The van der Waals surface area contributed by atoms with Crippen molar-refractivity contribution in [1.29, 1.82) is 0 Å². The van der Waals surface area contributed by atoms with Gasteiger partial charge in [-0.1, -0.05) is 29.8 Å². The number of fused-ring (bicyclic) bond motifs is 1. The largest absolute Gasteiger partial charge is 0.355 e. The minimum absolute atomic E-state index is 0.120. The number of hydrogen-bond donors (Lipinski definition) is 1. The molecule has 142 valence electrons. The number of aromatic nitrogens is 1. The van der Waals surface area contributed by atoms with Crippen LogP contribution in [0.1, 0.15) is 15.9 Å². The Morgan fingerprint density at radius 1 is 0.966 bits per heavy atom. The summed E-state index contributed by atoms with van der Waals surface area (Å²) < 4.78 is 12.9. The number of pyridine rings is 1. The van der Waals surface area contributed by atoms with Crippen LogP contribution in [0.3, 0.4) is 0 Å². The van der Waals surface area contributed by atoms with Crippen LogP contribution in [-0.2, 0) is 0 Å². The highest BCUT2D eigenvalue weighted by molar-refractivity contribution is 6.31. The van der Waals surface area contributed by atoms with Crippen molar-refractivity contribution in [2.45, 2.75) is 0 Å². The molecule has 0 radical (unpaired) electrons. The summed E-state index contributed by atoms with van der Waals surface area (Å²) in [6.45, 7) is 0. The molecule has 0 fully saturated rings. The highest BCUT2D eigenvalue weighted by atomic mass is 35.5. The molecule has 5 heteroatoms. The number of carbonyl (C=O) groups excluding carboxylic acids is 1. The van der Waals surface area contributed by atoms with Gasteiger partial charge in [0.1, 0.15) is 5.82 Å². The topological polar surface area (TPSA) is 42.0 Å². The molecule has 0 spiro atoms. The van der Waals surface area contributed by atoms with E-state index in [0.717, 1.165) is 27.8 Å². The van der Waals surface area contributed by atoms with Crippen LogP contribution in [0.5, 0.6) is 0 Å². The van der Waals surface area contributed by atoms with Crippen LogP contribution >= 0.6 is 11.6 Å². The third-order valence-electron chi connectivity index (χ3n) is 4.45. The van der Waals surface area contributed by atoms with E-state index in [1.807, 2.05) is 36.4 Å². The number of anilines is 2. The zero-order valence-electron chi connectivity index (χ0n) is 15.3. The van der Waals surface area contributed by atoms with E-state index in [9.17, 15) is 9.18 Å². The van der Waals surface area contributed by atoms with Gasteiger partial charge in [0.15, 0.2) is 5.78 Å². The molecule has 0 bridgehead atoms. The van der Waals surface area contributed by atoms with Crippen LogP contribution in [0.4, 0.5) is 15.8 Å². The van der Waals surface area contributed by atoms with E-state index in [4.69, 9.17) is 11.6 Å². The normalized spacial score (nSPS) is 11.1. The number of ketones is 1. The molecule has 0 aliphatic carbocycles. The highest BCUT2D eigenvalue weighted by Crippen LogP contribution is 2.27. The maximum Gasteiger partial charge on any atom is 0.185 e. The molecule has 29 heavy (non-hydrogen) atoms. The van der Waals surface area contributed by atoms with E-state index >= 15 is 0 Å². The van der Waals surface area contributed by atoms with Gasteiger partial charge in [0, 0.05) is 33.5 Å². The molecule has 0 aliphatic rings. The minimum atomic E-state index is -0.304. The van der Waals surface area contributed by atoms with Crippen molar-refractivity contribution in [3.05, 3.63) is 107 Å². The van der Waals surface area contributed by atoms with Gasteiger partial charge in [-0.25, -0.2) is 4.39 Å². The highest BCUT2D eigenvalue weighted by Gasteiger charge is 2.05. The first kappa shape index (κ1) is 18.8. The van der Waals surface area contributed by atoms with Gasteiger partial charge in [-0.3, -0.25) is 9.78 Å². The van der Waals surface area contributed by atoms with Crippen LogP contribution in [0, 0.1) is 5.82 Å². The van der Waals surface area contributed by atoms with Crippen molar-refractivity contribution in [1.82, 2.24) is 4.98 Å². The second-order valence-electron chi connectivity index (χ2n) is 6.47. The molecular formula is C24H16ClFN2O. The Bertz CT molecular complexity index is 1200. The monoisotopic (exact) mass is 402 g/mol. The third-order valence-corrected chi connectivity index (χ3v) is 4.69. The smallest absolute Gasteiger partial charge is 0.185 e. The number of halogens is 2. The van der Waals surface area contributed by atoms with Crippen molar-refractivity contribution >= 4 is 45.7 Å². The minimum Gasteiger partial charge on any atom is -0.355 e. The Balaban J connectivity index is 1.49. The van der Waals surface area contributed by atoms with E-state index in [0.29, 0.717) is 10.6 Å². The van der Waals surface area contributed by atoms with E-state index in [2.05, 4.69) is 10.3 Å². The van der Waals surface area contributed by atoms with E-state index in [-0.39, 0.29) is 11.6 Å². The van der Waals surface area contributed by atoms with Crippen LogP contribution in [-0.4, -0.2) is 10.8 Å². The van der Waals surface area contributed by atoms with Gasteiger partial charge in [0.25, 0.3) is 0 Å². The van der Waals surface area contributed by atoms with Crippen molar-refractivity contribution < 1.29 is 9.18 Å². The summed E-state index contributed by atoms with van der Waals surface area (Å²) >= 11 is 6.04. The van der Waals surface area contributed by atoms with Gasteiger partial charge in [0.05, 0.1) is 5.52 Å². The summed E-state index contributed by atoms with van der Waals surface area (Å²) in [5, 5.41) is 4.94. The van der Waals surface area contributed by atoms with Crippen LogP contribution in [0.15, 0.2) is 85.1 Å². The predicted octanol–water partition coefficient (Wildman–Crippen LogP) is 6.67. The van der Waals surface area contributed by atoms with Crippen LogP contribution < -0.4 is 5.32 Å². The molecule has 1 heterocycles. The lowest BCUT2D eigenvalue weighted by Gasteiger charge is -2.10. The Morgan fingerprint density at radius 3 is 2.48 bits per heavy atom. The molecule has 3 aromatic carbocycles. The molecule has 4 aromatic rings. The molecule has 1 N–H and O–H groups in total. The summed E-state index contributed by atoms with van der Waals surface area (Å²) in [5.41, 5.74) is 3.90. The van der Waals surface area contributed by atoms with Gasteiger partial charge in [0.2, 0.25) is 0 Å². The van der Waals surface area contributed by atoms with Gasteiger partial charge in [-0.05, 0) is 72.3 Å². The fraction of sp³-hybridized carbons (Fsp3) is 0. The lowest BCUT2D eigenvalue weighted by Crippen LogP contribution is -1.96. The average Bonchev–Trinajstić information content (AvgIpc) is 2.73. The van der Waals surface area contributed by atoms with Gasteiger partial charge in [-0.15, -0.1) is 0 Å². The zero-order chi connectivity index (χ0) is 20.2. The van der Waals surface area contributed by atoms with Crippen molar-refractivity contribution in [2.24, 2.45) is 0 Å². The Labute approximate surface area is 172 Å². The van der Waals surface area contributed by atoms with Crippen LogP contribution in [0.25, 0.3) is 17.0 Å². The SMILES string of the molecule is O=C(C=Cc1ccc(F)cc1)c1ccc(Nc2ccnc3cc(Cl)ccc23)cc1. The second-order valence-corrected chi connectivity index (χ2v) is 6.91.